The van der Waals surface area contributed by atoms with Gasteiger partial charge in [0.15, 0.2) is 11.3 Å². The van der Waals surface area contributed by atoms with Gasteiger partial charge in [-0.1, -0.05) is 23.7 Å². The predicted octanol–water partition coefficient (Wildman–Crippen LogP) is 3.01. The number of nitriles is 1. The fraction of sp³-hybridized carbons (Fsp3) is 0.222. The Balaban J connectivity index is 1.69. The maximum atomic E-state index is 13.0. The molecule has 6 nitrogen and oxygen atoms in total. The van der Waals surface area contributed by atoms with Gasteiger partial charge in [0.2, 0.25) is 0 Å². The SMILES string of the molecule is CC1c2cccc(C#N)c2CCN1C(=O)c1cc2ncc(Cl)cn2n1. The first-order chi connectivity index (χ1) is 12.1. The van der Waals surface area contributed by atoms with Gasteiger partial charge in [-0.3, -0.25) is 4.79 Å². The molecule has 0 saturated carbocycles. The Morgan fingerprint density at radius 2 is 2.28 bits per heavy atom. The van der Waals surface area contributed by atoms with Gasteiger partial charge in [-0.2, -0.15) is 10.4 Å². The second kappa shape index (κ2) is 5.87. The third kappa shape index (κ3) is 2.53. The number of rotatable bonds is 1. The summed E-state index contributed by atoms with van der Waals surface area (Å²) >= 11 is 5.92. The van der Waals surface area contributed by atoms with E-state index in [0.717, 1.165) is 11.1 Å². The zero-order valence-electron chi connectivity index (χ0n) is 13.5. The van der Waals surface area contributed by atoms with E-state index in [1.807, 2.05) is 25.1 Å². The molecular weight excluding hydrogens is 338 g/mol. The Morgan fingerprint density at radius 1 is 1.44 bits per heavy atom. The molecular formula is C18H14ClN5O. The fourth-order valence-electron chi connectivity index (χ4n) is 3.36. The molecule has 0 radical (unpaired) electrons. The lowest BCUT2D eigenvalue weighted by atomic mass is 9.90. The molecule has 1 unspecified atom stereocenters. The number of fused-ring (bicyclic) bond motifs is 2. The quantitative estimate of drug-likeness (QED) is 0.675. The molecule has 1 atom stereocenters. The van der Waals surface area contributed by atoms with Gasteiger partial charge in [0.05, 0.1) is 28.9 Å². The van der Waals surface area contributed by atoms with E-state index >= 15 is 0 Å². The topological polar surface area (TPSA) is 74.3 Å². The van der Waals surface area contributed by atoms with E-state index in [1.54, 1.807) is 17.2 Å². The van der Waals surface area contributed by atoms with Crippen LogP contribution in [-0.4, -0.2) is 31.9 Å². The van der Waals surface area contributed by atoms with Crippen molar-refractivity contribution >= 4 is 23.2 Å². The number of nitrogens with zero attached hydrogens (tertiary/aromatic N) is 5. The molecule has 0 N–H and O–H groups in total. The van der Waals surface area contributed by atoms with Crippen LogP contribution in [0.1, 0.15) is 40.1 Å². The van der Waals surface area contributed by atoms with Gasteiger partial charge in [-0.15, -0.1) is 0 Å². The number of amides is 1. The van der Waals surface area contributed by atoms with Crippen LogP contribution in [0.3, 0.4) is 0 Å². The summed E-state index contributed by atoms with van der Waals surface area (Å²) in [5.74, 6) is -0.151. The van der Waals surface area contributed by atoms with Crippen LogP contribution in [0.15, 0.2) is 36.7 Å². The van der Waals surface area contributed by atoms with Crippen molar-refractivity contribution in [2.45, 2.75) is 19.4 Å². The zero-order valence-corrected chi connectivity index (χ0v) is 14.2. The molecule has 4 rings (SSSR count). The average Bonchev–Trinajstić information content (AvgIpc) is 3.04. The maximum Gasteiger partial charge on any atom is 0.274 e. The largest absolute Gasteiger partial charge is 0.330 e. The number of hydrogen-bond donors (Lipinski definition) is 0. The molecule has 3 heterocycles. The van der Waals surface area contributed by atoms with Crippen LogP contribution >= 0.6 is 11.6 Å². The van der Waals surface area contributed by atoms with Crippen molar-refractivity contribution in [2.75, 3.05) is 6.54 Å². The summed E-state index contributed by atoms with van der Waals surface area (Å²) in [5, 5.41) is 14.0. The molecule has 0 spiro atoms. The number of benzene rings is 1. The Morgan fingerprint density at radius 3 is 3.08 bits per heavy atom. The molecule has 0 bridgehead atoms. The van der Waals surface area contributed by atoms with E-state index in [1.165, 1.54) is 10.7 Å². The highest BCUT2D eigenvalue weighted by atomic mass is 35.5. The van der Waals surface area contributed by atoms with E-state index < -0.39 is 0 Å². The maximum absolute atomic E-state index is 13.0. The molecule has 3 aromatic rings. The molecule has 0 aliphatic carbocycles. The second-order valence-corrected chi connectivity index (χ2v) is 6.45. The van der Waals surface area contributed by atoms with Crippen LogP contribution in [0.25, 0.3) is 5.65 Å². The Hall–Kier alpha value is -2.91. The Kier molecular flexibility index (Phi) is 3.66. The number of halogens is 1. The van der Waals surface area contributed by atoms with Crippen molar-refractivity contribution in [2.24, 2.45) is 0 Å². The Labute approximate surface area is 149 Å². The lowest BCUT2D eigenvalue weighted by Gasteiger charge is -2.35. The molecule has 0 fully saturated rings. The monoisotopic (exact) mass is 351 g/mol. The summed E-state index contributed by atoms with van der Waals surface area (Å²) in [4.78, 5) is 18.9. The number of hydrogen-bond acceptors (Lipinski definition) is 4. The number of carbonyl (C=O) groups is 1. The molecule has 1 aliphatic heterocycles. The highest BCUT2D eigenvalue weighted by Gasteiger charge is 2.30. The van der Waals surface area contributed by atoms with E-state index in [9.17, 15) is 10.1 Å². The van der Waals surface area contributed by atoms with Crippen molar-refractivity contribution in [1.82, 2.24) is 19.5 Å². The summed E-state index contributed by atoms with van der Waals surface area (Å²) in [6.45, 7) is 2.52. The lowest BCUT2D eigenvalue weighted by Crippen LogP contribution is -2.39. The first kappa shape index (κ1) is 15.6. The summed E-state index contributed by atoms with van der Waals surface area (Å²) in [6.07, 6.45) is 3.80. The van der Waals surface area contributed by atoms with E-state index in [0.29, 0.717) is 34.9 Å². The molecule has 2 aromatic heterocycles. The minimum Gasteiger partial charge on any atom is -0.330 e. The fourth-order valence-corrected chi connectivity index (χ4v) is 3.50. The summed E-state index contributed by atoms with van der Waals surface area (Å²) < 4.78 is 1.51. The van der Waals surface area contributed by atoms with Crippen molar-refractivity contribution in [3.8, 4) is 6.07 Å². The van der Waals surface area contributed by atoms with Crippen LogP contribution in [0.5, 0.6) is 0 Å². The predicted molar refractivity (Wildman–Crippen MR) is 92.3 cm³/mol. The van der Waals surface area contributed by atoms with Crippen molar-refractivity contribution in [1.29, 1.82) is 5.26 Å². The van der Waals surface area contributed by atoms with Crippen LogP contribution in [0.4, 0.5) is 0 Å². The lowest BCUT2D eigenvalue weighted by molar-refractivity contribution is 0.0671. The molecule has 1 aliphatic rings. The minimum absolute atomic E-state index is 0.120. The van der Waals surface area contributed by atoms with Gasteiger partial charge in [0, 0.05) is 18.8 Å². The molecule has 7 heteroatoms. The van der Waals surface area contributed by atoms with Crippen LogP contribution in [0.2, 0.25) is 5.02 Å². The van der Waals surface area contributed by atoms with Crippen molar-refractivity contribution in [3.63, 3.8) is 0 Å². The van der Waals surface area contributed by atoms with E-state index in [2.05, 4.69) is 16.2 Å². The van der Waals surface area contributed by atoms with Gasteiger partial charge < -0.3 is 4.90 Å². The summed E-state index contributed by atoms with van der Waals surface area (Å²) in [5.41, 5.74) is 3.64. The highest BCUT2D eigenvalue weighted by Crippen LogP contribution is 2.32. The number of carbonyl (C=O) groups excluding carboxylic acids is 1. The summed E-state index contributed by atoms with van der Waals surface area (Å²) in [7, 11) is 0. The molecule has 0 saturated heterocycles. The molecule has 25 heavy (non-hydrogen) atoms. The van der Waals surface area contributed by atoms with Gasteiger partial charge >= 0.3 is 0 Å². The van der Waals surface area contributed by atoms with Crippen LogP contribution in [0, 0.1) is 11.3 Å². The summed E-state index contributed by atoms with van der Waals surface area (Å²) in [6, 6.07) is 9.43. The molecule has 1 aromatic carbocycles. The van der Waals surface area contributed by atoms with Gasteiger partial charge in [0.1, 0.15) is 0 Å². The first-order valence-electron chi connectivity index (χ1n) is 7.92. The first-order valence-corrected chi connectivity index (χ1v) is 8.30. The van der Waals surface area contributed by atoms with Gasteiger partial charge in [-0.05, 0) is 30.5 Å². The van der Waals surface area contributed by atoms with Crippen molar-refractivity contribution in [3.05, 3.63) is 64.1 Å². The average molecular weight is 352 g/mol. The van der Waals surface area contributed by atoms with Crippen molar-refractivity contribution < 1.29 is 4.79 Å². The Bertz CT molecular complexity index is 1040. The highest BCUT2D eigenvalue weighted by molar-refractivity contribution is 6.30. The second-order valence-electron chi connectivity index (χ2n) is 6.01. The number of aromatic nitrogens is 3. The van der Waals surface area contributed by atoms with Gasteiger partial charge in [-0.25, -0.2) is 9.50 Å². The smallest absolute Gasteiger partial charge is 0.274 e. The minimum atomic E-state index is -0.151. The van der Waals surface area contributed by atoms with E-state index in [-0.39, 0.29) is 11.9 Å². The van der Waals surface area contributed by atoms with Gasteiger partial charge in [0.25, 0.3) is 5.91 Å². The normalized spacial score (nSPS) is 16.5. The molecule has 124 valence electrons. The standard InChI is InChI=1S/C18H14ClN5O/c1-11-14-4-2-3-12(8-20)15(14)5-6-23(11)18(25)16-7-17-21-9-13(19)10-24(17)22-16/h2-4,7,9-11H,5-6H2,1H3. The van der Waals surface area contributed by atoms with Crippen LogP contribution in [-0.2, 0) is 6.42 Å². The third-order valence-corrected chi connectivity index (χ3v) is 4.81. The van der Waals surface area contributed by atoms with Crippen LogP contribution < -0.4 is 0 Å². The van der Waals surface area contributed by atoms with E-state index in [4.69, 9.17) is 11.6 Å². The zero-order chi connectivity index (χ0) is 17.6. The third-order valence-electron chi connectivity index (χ3n) is 4.61. The molecule has 1 amide bonds.